The molecule has 1 atom stereocenters. The molecule has 1 rings (SSSR count). The number of benzene rings is 1. The summed E-state index contributed by atoms with van der Waals surface area (Å²) in [4.78, 5) is 0. The first-order valence-electron chi connectivity index (χ1n) is 4.66. The van der Waals surface area contributed by atoms with Crippen LogP contribution in [0.15, 0.2) is 18.2 Å². The van der Waals surface area contributed by atoms with Gasteiger partial charge in [0.15, 0.2) is 18.3 Å². The molecule has 0 aliphatic rings. The second kappa shape index (κ2) is 5.58. The van der Waals surface area contributed by atoms with E-state index in [1.54, 1.807) is 39.3 Å². The van der Waals surface area contributed by atoms with E-state index in [0.29, 0.717) is 11.5 Å². The van der Waals surface area contributed by atoms with Gasteiger partial charge in [-0.05, 0) is 24.6 Å². The van der Waals surface area contributed by atoms with Crippen LogP contribution in [0.1, 0.15) is 18.6 Å². The fourth-order valence-corrected chi connectivity index (χ4v) is 1.19. The topological polar surface area (TPSA) is 47.9 Å². The van der Waals surface area contributed by atoms with Crippen LogP contribution >= 0.6 is 0 Å². The smallest absolute Gasteiger partial charge is 0.188 e. The number of aliphatic hydroxyl groups is 1. The second-order valence-electron chi connectivity index (χ2n) is 3.14. The summed E-state index contributed by atoms with van der Waals surface area (Å²) in [7, 11) is 3.11. The van der Waals surface area contributed by atoms with Crippen molar-refractivity contribution >= 4 is 0 Å². The van der Waals surface area contributed by atoms with Gasteiger partial charge < -0.3 is 19.3 Å². The van der Waals surface area contributed by atoms with Crippen molar-refractivity contribution in [3.63, 3.8) is 0 Å². The molecule has 1 N–H and O–H groups in total. The van der Waals surface area contributed by atoms with Crippen molar-refractivity contribution in [3.05, 3.63) is 23.8 Å². The maximum atomic E-state index is 9.39. The molecule has 0 heterocycles. The molecule has 84 valence electrons. The minimum atomic E-state index is -0.518. The normalized spacial score (nSPS) is 12.3. The quantitative estimate of drug-likeness (QED) is 0.755. The molecule has 1 aromatic rings. The SMILES string of the molecule is COCOc1ccc(C(C)O)cc1OC. The lowest BCUT2D eigenvalue weighted by Gasteiger charge is -2.12. The van der Waals surface area contributed by atoms with Crippen LogP contribution in [0, 0.1) is 0 Å². The summed E-state index contributed by atoms with van der Waals surface area (Å²) in [6, 6.07) is 5.29. The molecular formula is C11H16O4. The highest BCUT2D eigenvalue weighted by atomic mass is 16.7. The van der Waals surface area contributed by atoms with Crippen LogP contribution in [0.5, 0.6) is 11.5 Å². The van der Waals surface area contributed by atoms with Crippen LogP contribution in [-0.4, -0.2) is 26.1 Å². The van der Waals surface area contributed by atoms with Crippen molar-refractivity contribution in [1.82, 2.24) is 0 Å². The van der Waals surface area contributed by atoms with Gasteiger partial charge in [0.2, 0.25) is 0 Å². The highest BCUT2D eigenvalue weighted by molar-refractivity contribution is 5.43. The highest BCUT2D eigenvalue weighted by Gasteiger charge is 2.08. The Morgan fingerprint density at radius 3 is 2.53 bits per heavy atom. The van der Waals surface area contributed by atoms with Gasteiger partial charge in [0, 0.05) is 7.11 Å². The van der Waals surface area contributed by atoms with Gasteiger partial charge in [0.25, 0.3) is 0 Å². The van der Waals surface area contributed by atoms with Crippen LogP contribution in [0.4, 0.5) is 0 Å². The van der Waals surface area contributed by atoms with E-state index in [0.717, 1.165) is 5.56 Å². The monoisotopic (exact) mass is 212 g/mol. The molecule has 0 aromatic heterocycles. The molecule has 0 amide bonds. The first kappa shape index (κ1) is 11.8. The summed E-state index contributed by atoms with van der Waals surface area (Å²) in [5.74, 6) is 1.19. The number of ether oxygens (including phenoxy) is 3. The molecule has 0 fully saturated rings. The van der Waals surface area contributed by atoms with E-state index in [4.69, 9.17) is 14.2 Å². The van der Waals surface area contributed by atoms with Crippen molar-refractivity contribution in [3.8, 4) is 11.5 Å². The van der Waals surface area contributed by atoms with Gasteiger partial charge in [0.1, 0.15) is 0 Å². The molecule has 0 saturated carbocycles. The first-order chi connectivity index (χ1) is 7.19. The van der Waals surface area contributed by atoms with Crippen LogP contribution in [0.25, 0.3) is 0 Å². The Kier molecular flexibility index (Phi) is 4.39. The van der Waals surface area contributed by atoms with Crippen LogP contribution in [0.3, 0.4) is 0 Å². The third kappa shape index (κ3) is 3.11. The molecule has 0 radical (unpaired) electrons. The third-order valence-corrected chi connectivity index (χ3v) is 2.00. The maximum Gasteiger partial charge on any atom is 0.188 e. The molecule has 1 aromatic carbocycles. The Hall–Kier alpha value is -1.26. The van der Waals surface area contributed by atoms with E-state index in [2.05, 4.69) is 0 Å². The predicted molar refractivity (Wildman–Crippen MR) is 56.1 cm³/mol. The van der Waals surface area contributed by atoms with E-state index in [1.165, 1.54) is 0 Å². The number of rotatable bonds is 5. The Morgan fingerprint density at radius 2 is 2.00 bits per heavy atom. The zero-order valence-electron chi connectivity index (χ0n) is 9.19. The molecule has 15 heavy (non-hydrogen) atoms. The Bertz CT molecular complexity index is 309. The standard InChI is InChI=1S/C11H16O4/c1-8(12)9-4-5-10(15-7-13-2)11(6-9)14-3/h4-6,8,12H,7H2,1-3H3. The van der Waals surface area contributed by atoms with Crippen molar-refractivity contribution in [1.29, 1.82) is 0 Å². The van der Waals surface area contributed by atoms with Crippen molar-refractivity contribution < 1.29 is 19.3 Å². The summed E-state index contributed by atoms with van der Waals surface area (Å²) in [6.45, 7) is 1.87. The fourth-order valence-electron chi connectivity index (χ4n) is 1.19. The van der Waals surface area contributed by atoms with Crippen LogP contribution in [0.2, 0.25) is 0 Å². The molecular weight excluding hydrogens is 196 g/mol. The Balaban J connectivity index is 2.88. The van der Waals surface area contributed by atoms with E-state index in [9.17, 15) is 5.11 Å². The van der Waals surface area contributed by atoms with Crippen LogP contribution < -0.4 is 9.47 Å². The van der Waals surface area contributed by atoms with Gasteiger partial charge in [-0.25, -0.2) is 0 Å². The summed E-state index contributed by atoms with van der Waals surface area (Å²) < 4.78 is 15.2. The minimum absolute atomic E-state index is 0.171. The number of aliphatic hydroxyl groups excluding tert-OH is 1. The minimum Gasteiger partial charge on any atom is -0.493 e. The van der Waals surface area contributed by atoms with Crippen molar-refractivity contribution in [2.24, 2.45) is 0 Å². The molecule has 4 heteroatoms. The Labute approximate surface area is 89.4 Å². The highest BCUT2D eigenvalue weighted by Crippen LogP contribution is 2.30. The molecule has 0 aliphatic carbocycles. The third-order valence-electron chi connectivity index (χ3n) is 2.00. The summed E-state index contributed by atoms with van der Waals surface area (Å²) in [5, 5.41) is 9.39. The van der Waals surface area contributed by atoms with Crippen molar-refractivity contribution in [2.45, 2.75) is 13.0 Å². The summed E-state index contributed by atoms with van der Waals surface area (Å²) in [5.41, 5.74) is 0.789. The number of hydrogen-bond acceptors (Lipinski definition) is 4. The lowest BCUT2D eigenvalue weighted by atomic mass is 10.1. The predicted octanol–water partition coefficient (Wildman–Crippen LogP) is 1.73. The molecule has 0 saturated heterocycles. The Morgan fingerprint density at radius 1 is 1.27 bits per heavy atom. The van der Waals surface area contributed by atoms with Crippen molar-refractivity contribution in [2.75, 3.05) is 21.0 Å². The van der Waals surface area contributed by atoms with E-state index >= 15 is 0 Å². The van der Waals surface area contributed by atoms with Gasteiger partial charge in [0.05, 0.1) is 13.2 Å². The van der Waals surface area contributed by atoms with Gasteiger partial charge >= 0.3 is 0 Å². The van der Waals surface area contributed by atoms with Gasteiger partial charge in [-0.15, -0.1) is 0 Å². The molecule has 4 nitrogen and oxygen atoms in total. The number of methoxy groups -OCH3 is 2. The average Bonchev–Trinajstić information content (AvgIpc) is 2.25. The van der Waals surface area contributed by atoms with Gasteiger partial charge in [-0.3, -0.25) is 0 Å². The summed E-state index contributed by atoms with van der Waals surface area (Å²) >= 11 is 0. The van der Waals surface area contributed by atoms with Gasteiger partial charge in [-0.1, -0.05) is 6.07 Å². The van der Waals surface area contributed by atoms with E-state index in [-0.39, 0.29) is 6.79 Å². The zero-order valence-corrected chi connectivity index (χ0v) is 9.19. The van der Waals surface area contributed by atoms with E-state index in [1.807, 2.05) is 0 Å². The van der Waals surface area contributed by atoms with Crippen LogP contribution in [-0.2, 0) is 4.74 Å². The zero-order chi connectivity index (χ0) is 11.3. The average molecular weight is 212 g/mol. The molecule has 0 aliphatic heterocycles. The second-order valence-corrected chi connectivity index (χ2v) is 3.14. The number of hydrogen-bond donors (Lipinski definition) is 1. The maximum absolute atomic E-state index is 9.39. The molecule has 1 unspecified atom stereocenters. The largest absolute Gasteiger partial charge is 0.493 e. The summed E-state index contributed by atoms with van der Waals surface area (Å²) in [6.07, 6.45) is -0.518. The lowest BCUT2D eigenvalue weighted by Crippen LogP contribution is -2.01. The molecule has 0 spiro atoms. The van der Waals surface area contributed by atoms with E-state index < -0.39 is 6.10 Å². The van der Waals surface area contributed by atoms with Gasteiger partial charge in [-0.2, -0.15) is 0 Å². The molecule has 0 bridgehead atoms. The fraction of sp³-hybridized carbons (Fsp3) is 0.455. The first-order valence-corrected chi connectivity index (χ1v) is 4.66. The lowest BCUT2D eigenvalue weighted by molar-refractivity contribution is 0.0491.